The van der Waals surface area contributed by atoms with E-state index in [1.807, 2.05) is 62.4 Å². The van der Waals surface area contributed by atoms with Crippen LogP contribution in [-0.4, -0.2) is 35.5 Å². The fourth-order valence-corrected chi connectivity index (χ4v) is 3.46. The minimum Gasteiger partial charge on any atom is -0.476 e. The number of ether oxygens (including phenoxy) is 2. The summed E-state index contributed by atoms with van der Waals surface area (Å²) in [6, 6.07) is 15.5. The Morgan fingerprint density at radius 1 is 1.21 bits per heavy atom. The molecule has 33 heavy (non-hydrogen) atoms. The van der Waals surface area contributed by atoms with E-state index in [1.54, 1.807) is 13.8 Å². The number of esters is 1. The molecule has 0 spiro atoms. The van der Waals surface area contributed by atoms with Crippen molar-refractivity contribution in [2.75, 3.05) is 13.7 Å². The van der Waals surface area contributed by atoms with Crippen molar-refractivity contribution in [2.24, 2.45) is 10.6 Å². The highest BCUT2D eigenvalue weighted by molar-refractivity contribution is 6.05. The van der Waals surface area contributed by atoms with E-state index in [0.717, 1.165) is 16.7 Å². The molecule has 0 aliphatic carbocycles. The van der Waals surface area contributed by atoms with Crippen molar-refractivity contribution in [3.05, 3.63) is 77.4 Å². The lowest BCUT2D eigenvalue weighted by Crippen LogP contribution is -2.38. The zero-order valence-electron chi connectivity index (χ0n) is 19.6. The average Bonchev–Trinajstić information content (AvgIpc) is 3.36. The van der Waals surface area contributed by atoms with Crippen LogP contribution < -0.4 is 4.74 Å². The van der Waals surface area contributed by atoms with Gasteiger partial charge in [-0.15, -0.1) is 0 Å². The first-order chi connectivity index (χ1) is 15.9. The molecule has 0 N–H and O–H groups in total. The van der Waals surface area contributed by atoms with E-state index in [-0.39, 0.29) is 5.97 Å². The number of aryl methyl sites for hydroxylation is 1. The Kier molecular flexibility index (Phi) is 7.82. The van der Waals surface area contributed by atoms with E-state index in [0.29, 0.717) is 30.4 Å². The monoisotopic (exact) mass is 451 g/mol. The molecule has 0 saturated carbocycles. The van der Waals surface area contributed by atoms with Gasteiger partial charge in [0, 0.05) is 5.56 Å². The average molecular weight is 452 g/mol. The summed E-state index contributed by atoms with van der Waals surface area (Å²) in [7, 11) is 1.37. The van der Waals surface area contributed by atoms with Crippen LogP contribution in [0.5, 0.6) is 5.75 Å². The second kappa shape index (κ2) is 10.8. The SMILES string of the molecule is CCO/N=C(/C)C(C)(Cc1ccc(OC(c2cccc(C)c2)c2ncno2)cc1)C(=O)OC. The molecule has 0 radical (unpaired) electrons. The Morgan fingerprint density at radius 3 is 2.58 bits per heavy atom. The predicted octanol–water partition coefficient (Wildman–Crippen LogP) is 4.68. The number of hydrogen-bond donors (Lipinski definition) is 0. The molecule has 3 rings (SSSR count). The molecule has 0 amide bonds. The molecule has 1 heterocycles. The van der Waals surface area contributed by atoms with E-state index in [2.05, 4.69) is 15.3 Å². The summed E-state index contributed by atoms with van der Waals surface area (Å²) in [6.07, 6.45) is 1.21. The van der Waals surface area contributed by atoms with E-state index < -0.39 is 11.5 Å². The van der Waals surface area contributed by atoms with Crippen LogP contribution in [0, 0.1) is 12.3 Å². The summed E-state index contributed by atoms with van der Waals surface area (Å²) >= 11 is 0. The number of nitrogens with zero attached hydrogens (tertiary/aromatic N) is 3. The van der Waals surface area contributed by atoms with Crippen LogP contribution in [0.2, 0.25) is 0 Å². The topological polar surface area (TPSA) is 96.0 Å². The van der Waals surface area contributed by atoms with Crippen LogP contribution in [0.15, 0.2) is 64.5 Å². The molecule has 3 aromatic rings. The number of benzene rings is 2. The standard InChI is InChI=1S/C25H29N3O5/c1-6-31-28-18(3)25(4,24(29)30-5)15-19-10-12-21(13-11-19)32-22(23-26-16-27-33-23)20-9-7-8-17(2)14-20/h7-14,16,22H,6,15H2,1-5H3/b28-18-. The molecule has 8 heteroatoms. The summed E-state index contributed by atoms with van der Waals surface area (Å²) in [5.41, 5.74) is 2.52. The first kappa shape index (κ1) is 24.0. The maximum Gasteiger partial charge on any atom is 0.317 e. The molecule has 1 aromatic heterocycles. The van der Waals surface area contributed by atoms with Gasteiger partial charge in [-0.05, 0) is 51.8 Å². The summed E-state index contributed by atoms with van der Waals surface area (Å²) in [5, 5.41) is 7.79. The highest BCUT2D eigenvalue weighted by Crippen LogP contribution is 2.30. The van der Waals surface area contributed by atoms with Gasteiger partial charge in [-0.3, -0.25) is 4.79 Å². The minimum absolute atomic E-state index is 0.366. The van der Waals surface area contributed by atoms with Crippen LogP contribution in [0.1, 0.15) is 49.5 Å². The summed E-state index contributed by atoms with van der Waals surface area (Å²) in [5.74, 6) is 0.619. The Balaban J connectivity index is 1.83. The number of aromatic nitrogens is 2. The van der Waals surface area contributed by atoms with Gasteiger partial charge < -0.3 is 18.8 Å². The van der Waals surface area contributed by atoms with Crippen LogP contribution in [0.25, 0.3) is 0 Å². The molecule has 0 saturated heterocycles. The lowest BCUT2D eigenvalue weighted by Gasteiger charge is -2.26. The Labute approximate surface area is 193 Å². The molecular weight excluding hydrogens is 422 g/mol. The van der Waals surface area contributed by atoms with Gasteiger partial charge in [0.2, 0.25) is 6.10 Å². The predicted molar refractivity (Wildman–Crippen MR) is 123 cm³/mol. The second-order valence-corrected chi connectivity index (χ2v) is 7.93. The smallest absolute Gasteiger partial charge is 0.317 e. The van der Waals surface area contributed by atoms with Gasteiger partial charge in [0.05, 0.1) is 12.8 Å². The maximum atomic E-state index is 12.6. The number of hydrogen-bond acceptors (Lipinski definition) is 8. The number of carbonyl (C=O) groups excluding carboxylic acids is 1. The van der Waals surface area contributed by atoms with Crippen molar-refractivity contribution in [3.8, 4) is 5.75 Å². The third-order valence-electron chi connectivity index (χ3n) is 5.45. The van der Waals surface area contributed by atoms with Crippen molar-refractivity contribution in [3.63, 3.8) is 0 Å². The largest absolute Gasteiger partial charge is 0.476 e. The summed E-state index contributed by atoms with van der Waals surface area (Å²) in [4.78, 5) is 21.9. The van der Waals surface area contributed by atoms with Gasteiger partial charge in [-0.2, -0.15) is 4.98 Å². The van der Waals surface area contributed by atoms with Crippen molar-refractivity contribution in [1.29, 1.82) is 0 Å². The molecule has 0 aliphatic heterocycles. The van der Waals surface area contributed by atoms with Gasteiger partial charge in [-0.1, -0.05) is 52.3 Å². The van der Waals surface area contributed by atoms with Crippen LogP contribution in [0.4, 0.5) is 0 Å². The molecule has 0 bridgehead atoms. The Hall–Kier alpha value is -3.68. The van der Waals surface area contributed by atoms with Crippen molar-refractivity contribution < 1.29 is 23.6 Å². The highest BCUT2D eigenvalue weighted by atomic mass is 16.6. The second-order valence-electron chi connectivity index (χ2n) is 7.93. The number of oxime groups is 1. The first-order valence-electron chi connectivity index (χ1n) is 10.7. The van der Waals surface area contributed by atoms with E-state index in [1.165, 1.54) is 13.4 Å². The molecule has 8 nitrogen and oxygen atoms in total. The van der Waals surface area contributed by atoms with Gasteiger partial charge in [0.15, 0.2) is 6.33 Å². The van der Waals surface area contributed by atoms with Crippen LogP contribution in [-0.2, 0) is 20.8 Å². The van der Waals surface area contributed by atoms with E-state index >= 15 is 0 Å². The lowest BCUT2D eigenvalue weighted by atomic mass is 9.79. The fourth-order valence-electron chi connectivity index (χ4n) is 3.46. The van der Waals surface area contributed by atoms with Gasteiger partial charge in [-0.25, -0.2) is 0 Å². The molecule has 2 unspecified atom stereocenters. The molecule has 0 fully saturated rings. The third-order valence-corrected chi connectivity index (χ3v) is 5.45. The van der Waals surface area contributed by atoms with Crippen molar-refractivity contribution in [1.82, 2.24) is 10.1 Å². The van der Waals surface area contributed by atoms with Crippen molar-refractivity contribution in [2.45, 2.75) is 40.2 Å². The molecule has 2 atom stereocenters. The quantitative estimate of drug-likeness (QED) is 0.251. The van der Waals surface area contributed by atoms with Crippen molar-refractivity contribution >= 4 is 11.7 Å². The minimum atomic E-state index is -0.958. The zero-order chi connectivity index (χ0) is 23.8. The number of methoxy groups -OCH3 is 1. The van der Waals surface area contributed by atoms with Gasteiger partial charge >= 0.3 is 5.97 Å². The number of carbonyl (C=O) groups is 1. The fraction of sp³-hybridized carbons (Fsp3) is 0.360. The zero-order valence-corrected chi connectivity index (χ0v) is 19.6. The molecule has 0 aliphatic rings. The summed E-state index contributed by atoms with van der Waals surface area (Å²) in [6.45, 7) is 7.83. The van der Waals surface area contributed by atoms with Gasteiger partial charge in [0.25, 0.3) is 5.89 Å². The highest BCUT2D eigenvalue weighted by Gasteiger charge is 2.38. The van der Waals surface area contributed by atoms with Crippen LogP contribution >= 0.6 is 0 Å². The lowest BCUT2D eigenvalue weighted by molar-refractivity contribution is -0.147. The number of rotatable bonds is 10. The van der Waals surface area contributed by atoms with Gasteiger partial charge in [0.1, 0.15) is 17.8 Å². The van der Waals surface area contributed by atoms with E-state index in [4.69, 9.17) is 18.8 Å². The first-order valence-corrected chi connectivity index (χ1v) is 10.7. The maximum absolute atomic E-state index is 12.6. The molecule has 174 valence electrons. The normalized spacial score (nSPS) is 14.3. The Morgan fingerprint density at radius 2 is 1.97 bits per heavy atom. The summed E-state index contributed by atoms with van der Waals surface area (Å²) < 4.78 is 16.6. The van der Waals surface area contributed by atoms with Crippen LogP contribution in [0.3, 0.4) is 0 Å². The molecule has 2 aromatic carbocycles. The third kappa shape index (κ3) is 5.77. The Bertz CT molecular complexity index is 1080. The molecular formula is C25H29N3O5. The van der Waals surface area contributed by atoms with E-state index in [9.17, 15) is 4.79 Å².